The second-order valence-electron chi connectivity index (χ2n) is 4.71. The number of benzene rings is 2. The Kier molecular flexibility index (Phi) is 2.45. The molecule has 0 atom stereocenters. The lowest BCUT2D eigenvalue weighted by Crippen LogP contribution is -2.02. The summed E-state index contributed by atoms with van der Waals surface area (Å²) < 4.78 is 1.89. The van der Waals surface area contributed by atoms with Gasteiger partial charge in [-0.25, -0.2) is 14.6 Å². The Morgan fingerprint density at radius 3 is 2.25 bits per heavy atom. The summed E-state index contributed by atoms with van der Waals surface area (Å²) in [6.07, 6.45) is 1.78. The average molecular weight is 260 g/mol. The number of nitrogens with zero attached hydrogens (tertiary/aromatic N) is 4. The van der Waals surface area contributed by atoms with Gasteiger partial charge in [0, 0.05) is 0 Å². The normalized spacial score (nSPS) is 11.2. The van der Waals surface area contributed by atoms with E-state index in [0.29, 0.717) is 6.54 Å². The number of hydrogen-bond donors (Lipinski definition) is 0. The molecule has 0 aliphatic heterocycles. The molecule has 0 aliphatic carbocycles. The highest BCUT2D eigenvalue weighted by atomic mass is 15.3. The second-order valence-corrected chi connectivity index (χ2v) is 4.71. The van der Waals surface area contributed by atoms with Crippen LogP contribution in [-0.4, -0.2) is 19.7 Å². The first-order valence-electron chi connectivity index (χ1n) is 6.52. The molecular formula is C16H12N4. The van der Waals surface area contributed by atoms with Crippen molar-refractivity contribution >= 4 is 22.2 Å². The van der Waals surface area contributed by atoms with Gasteiger partial charge in [-0.15, -0.1) is 0 Å². The summed E-state index contributed by atoms with van der Waals surface area (Å²) >= 11 is 0. The lowest BCUT2D eigenvalue weighted by molar-refractivity contribution is 0.705. The lowest BCUT2D eigenvalue weighted by atomic mass is 10.2. The maximum absolute atomic E-state index is 4.67. The van der Waals surface area contributed by atoms with Gasteiger partial charge in [-0.1, -0.05) is 42.5 Å². The van der Waals surface area contributed by atoms with E-state index in [0.717, 1.165) is 22.2 Å². The minimum absolute atomic E-state index is 0.706. The van der Waals surface area contributed by atoms with Gasteiger partial charge in [0.2, 0.25) is 0 Å². The molecule has 0 amide bonds. The molecule has 4 nitrogen and oxygen atoms in total. The van der Waals surface area contributed by atoms with Crippen LogP contribution in [0, 0.1) is 0 Å². The molecule has 0 saturated heterocycles. The summed E-state index contributed by atoms with van der Waals surface area (Å²) in [4.78, 5) is 9.27. The summed E-state index contributed by atoms with van der Waals surface area (Å²) in [7, 11) is 0. The first kappa shape index (κ1) is 11.1. The van der Waals surface area contributed by atoms with Gasteiger partial charge in [-0.2, -0.15) is 5.10 Å². The average Bonchev–Trinajstić information content (AvgIpc) is 2.88. The first-order chi connectivity index (χ1) is 9.90. The zero-order valence-corrected chi connectivity index (χ0v) is 10.8. The zero-order chi connectivity index (χ0) is 13.4. The molecule has 0 saturated carbocycles. The Labute approximate surface area is 115 Å². The molecule has 4 rings (SSSR count). The predicted octanol–water partition coefficient (Wildman–Crippen LogP) is 3.03. The van der Waals surface area contributed by atoms with Crippen molar-refractivity contribution in [3.05, 3.63) is 66.4 Å². The molecule has 2 aromatic carbocycles. The van der Waals surface area contributed by atoms with E-state index >= 15 is 0 Å². The fourth-order valence-electron chi connectivity index (χ4n) is 2.33. The fraction of sp³-hybridized carbons (Fsp3) is 0.0625. The Hall–Kier alpha value is -2.75. The van der Waals surface area contributed by atoms with Gasteiger partial charge in [0.05, 0.1) is 23.8 Å². The molecule has 4 aromatic rings. The largest absolute Gasteiger partial charge is 0.241 e. The molecule has 20 heavy (non-hydrogen) atoms. The molecule has 96 valence electrons. The Bertz CT molecular complexity index is 881. The first-order valence-corrected chi connectivity index (χ1v) is 6.52. The molecule has 0 radical (unpaired) electrons. The number of para-hydroxylation sites is 2. The maximum atomic E-state index is 4.67. The number of rotatable bonds is 2. The second kappa shape index (κ2) is 4.42. The molecule has 0 bridgehead atoms. The van der Waals surface area contributed by atoms with Crippen molar-refractivity contribution in [1.82, 2.24) is 19.7 Å². The van der Waals surface area contributed by atoms with E-state index in [1.54, 1.807) is 6.20 Å². The molecule has 4 heteroatoms. The maximum Gasteiger partial charge on any atom is 0.177 e. The van der Waals surface area contributed by atoms with E-state index in [4.69, 9.17) is 0 Å². The Balaban J connectivity index is 1.86. The summed E-state index contributed by atoms with van der Waals surface area (Å²) in [5.41, 5.74) is 4.66. The van der Waals surface area contributed by atoms with Crippen molar-refractivity contribution in [1.29, 1.82) is 0 Å². The highest BCUT2D eigenvalue weighted by Crippen LogP contribution is 2.16. The van der Waals surface area contributed by atoms with Crippen molar-refractivity contribution in [2.75, 3.05) is 0 Å². The van der Waals surface area contributed by atoms with Crippen LogP contribution in [0.4, 0.5) is 0 Å². The summed E-state index contributed by atoms with van der Waals surface area (Å²) in [5.74, 6) is 0. The lowest BCUT2D eigenvalue weighted by Gasteiger charge is -2.03. The topological polar surface area (TPSA) is 43.6 Å². The van der Waals surface area contributed by atoms with Crippen molar-refractivity contribution in [2.24, 2.45) is 0 Å². The van der Waals surface area contributed by atoms with E-state index in [-0.39, 0.29) is 0 Å². The number of hydrogen-bond acceptors (Lipinski definition) is 3. The van der Waals surface area contributed by atoms with Crippen LogP contribution in [0.1, 0.15) is 5.56 Å². The van der Waals surface area contributed by atoms with Gasteiger partial charge >= 0.3 is 0 Å². The smallest absolute Gasteiger partial charge is 0.177 e. The molecule has 2 aromatic heterocycles. The number of fused-ring (bicyclic) bond motifs is 2. The van der Waals surface area contributed by atoms with E-state index in [2.05, 4.69) is 27.2 Å². The highest BCUT2D eigenvalue weighted by Gasteiger charge is 2.07. The van der Waals surface area contributed by atoms with E-state index in [1.807, 2.05) is 47.1 Å². The summed E-state index contributed by atoms with van der Waals surface area (Å²) in [6.45, 7) is 0.706. The van der Waals surface area contributed by atoms with Crippen LogP contribution in [0.25, 0.3) is 22.2 Å². The third kappa shape index (κ3) is 1.82. The van der Waals surface area contributed by atoms with Gasteiger partial charge in [0.15, 0.2) is 5.65 Å². The van der Waals surface area contributed by atoms with Gasteiger partial charge in [-0.3, -0.25) is 0 Å². The molecule has 2 heterocycles. The third-order valence-electron chi connectivity index (χ3n) is 3.32. The molecule has 0 N–H and O–H groups in total. The molecule has 0 fully saturated rings. The van der Waals surface area contributed by atoms with E-state index in [1.165, 1.54) is 5.56 Å². The Morgan fingerprint density at radius 2 is 1.45 bits per heavy atom. The number of aromatic nitrogens is 4. The van der Waals surface area contributed by atoms with Crippen LogP contribution in [0.5, 0.6) is 0 Å². The van der Waals surface area contributed by atoms with Gasteiger partial charge in [0.1, 0.15) is 5.52 Å². The van der Waals surface area contributed by atoms with Crippen molar-refractivity contribution in [3.8, 4) is 0 Å². The molecule has 0 spiro atoms. The quantitative estimate of drug-likeness (QED) is 0.556. The SMILES string of the molecule is c1ccc(Cn2ncc3nc4ccccc4nc32)cc1. The van der Waals surface area contributed by atoms with Crippen LogP contribution in [-0.2, 0) is 6.54 Å². The summed E-state index contributed by atoms with van der Waals surface area (Å²) in [5, 5.41) is 4.41. The molecule has 0 unspecified atom stereocenters. The van der Waals surface area contributed by atoms with E-state index in [9.17, 15) is 0 Å². The zero-order valence-electron chi connectivity index (χ0n) is 10.8. The predicted molar refractivity (Wildman–Crippen MR) is 78.4 cm³/mol. The van der Waals surface area contributed by atoms with Crippen LogP contribution in [0.2, 0.25) is 0 Å². The van der Waals surface area contributed by atoms with Crippen molar-refractivity contribution in [3.63, 3.8) is 0 Å². The fourth-order valence-corrected chi connectivity index (χ4v) is 2.33. The third-order valence-corrected chi connectivity index (χ3v) is 3.32. The molecule has 0 aliphatic rings. The standard InChI is InChI=1S/C16H12N4/c1-2-6-12(7-3-1)11-20-16-15(10-17-20)18-13-8-4-5-9-14(13)19-16/h1-10H,11H2. The Morgan fingerprint density at radius 1 is 0.750 bits per heavy atom. The van der Waals surface area contributed by atoms with Crippen LogP contribution >= 0.6 is 0 Å². The monoisotopic (exact) mass is 260 g/mol. The van der Waals surface area contributed by atoms with Crippen molar-refractivity contribution in [2.45, 2.75) is 6.54 Å². The minimum Gasteiger partial charge on any atom is -0.241 e. The molecular weight excluding hydrogens is 248 g/mol. The van der Waals surface area contributed by atoms with Gasteiger partial charge in [0.25, 0.3) is 0 Å². The van der Waals surface area contributed by atoms with Crippen LogP contribution in [0.3, 0.4) is 0 Å². The van der Waals surface area contributed by atoms with Crippen LogP contribution < -0.4 is 0 Å². The minimum atomic E-state index is 0.706. The van der Waals surface area contributed by atoms with Crippen molar-refractivity contribution < 1.29 is 0 Å². The van der Waals surface area contributed by atoms with E-state index < -0.39 is 0 Å². The van der Waals surface area contributed by atoms with Crippen LogP contribution in [0.15, 0.2) is 60.8 Å². The van der Waals surface area contributed by atoms with Gasteiger partial charge in [-0.05, 0) is 17.7 Å². The summed E-state index contributed by atoms with van der Waals surface area (Å²) in [6, 6.07) is 18.1. The highest BCUT2D eigenvalue weighted by molar-refractivity contribution is 5.84. The van der Waals surface area contributed by atoms with Gasteiger partial charge < -0.3 is 0 Å².